The first-order valence-electron chi connectivity index (χ1n) is 8.58. The largest absolute Gasteiger partial charge is 0.349 e. The average Bonchev–Trinajstić information content (AvgIpc) is 2.91. The molecule has 0 N–H and O–H groups in total. The Morgan fingerprint density at radius 2 is 1.15 bits per heavy atom. The van der Waals surface area contributed by atoms with Crippen LogP contribution in [0, 0.1) is 34.1 Å². The molecular weight excluding hydrogens is 356 g/mol. The minimum atomic E-state index is -0.407. The van der Waals surface area contributed by atoms with Crippen LogP contribution in [0.1, 0.15) is 17.8 Å². The van der Waals surface area contributed by atoms with Crippen LogP contribution in [0.2, 0.25) is 0 Å². The molecule has 146 valence electrons. The fourth-order valence-electron chi connectivity index (χ4n) is 3.75. The zero-order valence-corrected chi connectivity index (χ0v) is 15.7. The smallest absolute Gasteiger partial charge is 0.333 e. The van der Waals surface area contributed by atoms with Gasteiger partial charge in [0.05, 0.1) is 9.85 Å². The van der Waals surface area contributed by atoms with Crippen molar-refractivity contribution in [1.82, 2.24) is 19.6 Å². The number of nitro groups is 2. The maximum atomic E-state index is 11.5. The van der Waals surface area contributed by atoms with E-state index in [1.165, 1.54) is 9.36 Å². The maximum absolute atomic E-state index is 11.5. The van der Waals surface area contributed by atoms with Gasteiger partial charge in [0.1, 0.15) is 11.4 Å². The molecule has 0 bridgehead atoms. The quantitative estimate of drug-likeness (QED) is 0.575. The van der Waals surface area contributed by atoms with Crippen LogP contribution in [0.5, 0.6) is 0 Å². The molecule has 1 saturated heterocycles. The predicted molar refractivity (Wildman–Crippen MR) is 98.2 cm³/mol. The van der Waals surface area contributed by atoms with Crippen LogP contribution < -0.4 is 9.80 Å². The van der Waals surface area contributed by atoms with Crippen molar-refractivity contribution in [2.24, 2.45) is 14.1 Å². The highest BCUT2D eigenvalue weighted by atomic mass is 16.6. The third kappa shape index (κ3) is 3.17. The molecular formula is C15H22N8O4. The Labute approximate surface area is 155 Å². The molecule has 3 heterocycles. The summed E-state index contributed by atoms with van der Waals surface area (Å²) >= 11 is 0. The van der Waals surface area contributed by atoms with Crippen LogP contribution in [0.4, 0.5) is 23.0 Å². The molecule has 0 radical (unpaired) electrons. The lowest BCUT2D eigenvalue weighted by molar-refractivity contribution is -0.384. The van der Waals surface area contributed by atoms with Gasteiger partial charge in [-0.2, -0.15) is 10.2 Å². The van der Waals surface area contributed by atoms with Crippen LogP contribution in [0.25, 0.3) is 0 Å². The third-order valence-electron chi connectivity index (χ3n) is 4.78. The molecule has 0 atom stereocenters. The van der Waals surface area contributed by atoms with Gasteiger partial charge in [-0.05, 0) is 20.3 Å². The first-order chi connectivity index (χ1) is 12.7. The van der Waals surface area contributed by atoms with E-state index in [1.807, 2.05) is 9.80 Å². The molecule has 0 spiro atoms. The standard InChI is InChI=1S/C15H22N8O4/c1-10-12(22(24)25)14(18(3)16-10)20-6-5-7-21(9-8-20)15-13(23(26)27)11(2)17-19(15)4/h5-9H2,1-4H3. The van der Waals surface area contributed by atoms with Gasteiger partial charge < -0.3 is 9.80 Å². The maximum Gasteiger partial charge on any atom is 0.333 e. The van der Waals surface area contributed by atoms with Gasteiger partial charge in [-0.15, -0.1) is 0 Å². The van der Waals surface area contributed by atoms with Crippen LogP contribution in [0.3, 0.4) is 0 Å². The Morgan fingerprint density at radius 1 is 0.778 bits per heavy atom. The zero-order valence-electron chi connectivity index (χ0n) is 15.7. The Balaban J connectivity index is 1.90. The van der Waals surface area contributed by atoms with Gasteiger partial charge in [-0.25, -0.2) is 9.36 Å². The SMILES string of the molecule is Cc1nn(C)c(N2CCCN(c3c([N+](=O)[O-])c(C)nn3C)CC2)c1[N+](=O)[O-]. The lowest BCUT2D eigenvalue weighted by Crippen LogP contribution is -2.33. The Kier molecular flexibility index (Phi) is 4.72. The highest BCUT2D eigenvalue weighted by Gasteiger charge is 2.32. The second-order valence-corrected chi connectivity index (χ2v) is 6.60. The average molecular weight is 378 g/mol. The van der Waals surface area contributed by atoms with Gasteiger partial charge in [0.2, 0.25) is 11.6 Å². The van der Waals surface area contributed by atoms with E-state index in [4.69, 9.17) is 0 Å². The molecule has 0 unspecified atom stereocenters. The fraction of sp³-hybridized carbons (Fsp3) is 0.600. The van der Waals surface area contributed by atoms with Gasteiger partial charge in [-0.3, -0.25) is 20.2 Å². The number of aryl methyl sites for hydroxylation is 4. The molecule has 0 amide bonds. The summed E-state index contributed by atoms with van der Waals surface area (Å²) in [6.07, 6.45) is 0.697. The van der Waals surface area contributed by atoms with E-state index in [9.17, 15) is 20.2 Å². The van der Waals surface area contributed by atoms with Crippen LogP contribution in [0.15, 0.2) is 0 Å². The van der Waals surface area contributed by atoms with Crippen molar-refractivity contribution in [3.8, 4) is 0 Å². The lowest BCUT2D eigenvalue weighted by atomic mass is 10.3. The fourth-order valence-corrected chi connectivity index (χ4v) is 3.75. The monoisotopic (exact) mass is 378 g/mol. The molecule has 0 aromatic carbocycles. The summed E-state index contributed by atoms with van der Waals surface area (Å²) in [5.74, 6) is 0.935. The van der Waals surface area contributed by atoms with Crippen molar-refractivity contribution in [3.63, 3.8) is 0 Å². The van der Waals surface area contributed by atoms with Gasteiger partial charge in [0, 0.05) is 40.3 Å². The zero-order chi connectivity index (χ0) is 19.9. The van der Waals surface area contributed by atoms with Crippen molar-refractivity contribution >= 4 is 23.0 Å². The van der Waals surface area contributed by atoms with E-state index >= 15 is 0 Å². The van der Waals surface area contributed by atoms with Crippen LogP contribution in [-0.2, 0) is 14.1 Å². The second kappa shape index (κ2) is 6.85. The van der Waals surface area contributed by atoms with Crippen molar-refractivity contribution in [3.05, 3.63) is 31.6 Å². The molecule has 3 rings (SSSR count). The van der Waals surface area contributed by atoms with E-state index < -0.39 is 9.85 Å². The minimum Gasteiger partial charge on any atom is -0.349 e. The molecule has 0 aliphatic carbocycles. The van der Waals surface area contributed by atoms with Crippen molar-refractivity contribution in [1.29, 1.82) is 0 Å². The summed E-state index contributed by atoms with van der Waals surface area (Å²) in [6, 6.07) is 0. The van der Waals surface area contributed by atoms with Gasteiger partial charge in [0.15, 0.2) is 0 Å². The highest BCUT2D eigenvalue weighted by molar-refractivity contribution is 5.63. The first-order valence-corrected chi connectivity index (χ1v) is 8.58. The molecule has 12 nitrogen and oxygen atoms in total. The first kappa shape index (κ1) is 18.6. The number of hydrogen-bond acceptors (Lipinski definition) is 8. The number of aromatic nitrogens is 4. The van der Waals surface area contributed by atoms with Crippen molar-refractivity contribution < 1.29 is 9.85 Å². The summed E-state index contributed by atoms with van der Waals surface area (Å²) in [5.41, 5.74) is 0.759. The number of anilines is 2. The predicted octanol–water partition coefficient (Wildman–Crippen LogP) is 1.30. The number of rotatable bonds is 4. The van der Waals surface area contributed by atoms with E-state index in [0.29, 0.717) is 55.6 Å². The number of nitrogens with zero attached hydrogens (tertiary/aromatic N) is 8. The Bertz CT molecular complexity index is 830. The molecule has 1 fully saturated rings. The van der Waals surface area contributed by atoms with E-state index in [1.54, 1.807) is 27.9 Å². The summed E-state index contributed by atoms with van der Waals surface area (Å²) < 4.78 is 3.06. The molecule has 2 aromatic rings. The summed E-state index contributed by atoms with van der Waals surface area (Å²) in [7, 11) is 3.38. The molecule has 27 heavy (non-hydrogen) atoms. The third-order valence-corrected chi connectivity index (χ3v) is 4.78. The van der Waals surface area contributed by atoms with Crippen molar-refractivity contribution in [2.45, 2.75) is 20.3 Å². The second-order valence-electron chi connectivity index (χ2n) is 6.60. The van der Waals surface area contributed by atoms with Gasteiger partial charge in [0.25, 0.3) is 0 Å². The van der Waals surface area contributed by atoms with Crippen molar-refractivity contribution in [2.75, 3.05) is 36.0 Å². The topological polar surface area (TPSA) is 128 Å². The lowest BCUT2D eigenvalue weighted by Gasteiger charge is -2.23. The Morgan fingerprint density at radius 3 is 1.48 bits per heavy atom. The minimum absolute atomic E-state index is 0.00769. The van der Waals surface area contributed by atoms with E-state index in [0.717, 1.165) is 0 Å². The normalized spacial score (nSPS) is 15.1. The number of hydrogen-bond donors (Lipinski definition) is 0. The summed E-state index contributed by atoms with van der Waals surface area (Å²) in [6.45, 7) is 5.41. The molecule has 12 heteroatoms. The van der Waals surface area contributed by atoms with Gasteiger partial charge >= 0.3 is 11.4 Å². The molecule has 2 aromatic heterocycles. The molecule has 1 aliphatic rings. The van der Waals surface area contributed by atoms with E-state index in [2.05, 4.69) is 10.2 Å². The Hall–Kier alpha value is -3.18. The molecule has 1 aliphatic heterocycles. The van der Waals surface area contributed by atoms with E-state index in [-0.39, 0.29) is 11.4 Å². The van der Waals surface area contributed by atoms with Crippen LogP contribution in [-0.4, -0.2) is 55.6 Å². The summed E-state index contributed by atoms with van der Waals surface area (Å²) in [4.78, 5) is 26.0. The molecule has 0 saturated carbocycles. The highest BCUT2D eigenvalue weighted by Crippen LogP contribution is 2.34. The van der Waals surface area contributed by atoms with Crippen LogP contribution >= 0.6 is 0 Å². The van der Waals surface area contributed by atoms with Gasteiger partial charge in [-0.1, -0.05) is 0 Å². The summed E-state index contributed by atoms with van der Waals surface area (Å²) in [5, 5.41) is 31.3.